The minimum absolute atomic E-state index is 0.0670. The monoisotopic (exact) mass is 379 g/mol. The molecule has 1 atom stereocenters. The summed E-state index contributed by atoms with van der Waals surface area (Å²) in [4.78, 5) is 14.8. The van der Waals surface area contributed by atoms with Crippen molar-refractivity contribution in [1.29, 1.82) is 0 Å². The fourth-order valence-corrected chi connectivity index (χ4v) is 4.70. The number of aryl methyl sites for hydroxylation is 1. The molecule has 0 spiro atoms. The van der Waals surface area contributed by atoms with E-state index in [1.165, 1.54) is 21.8 Å². The molecule has 1 aromatic carbocycles. The number of benzene rings is 1. The van der Waals surface area contributed by atoms with Gasteiger partial charge in [0.1, 0.15) is 0 Å². The lowest BCUT2D eigenvalue weighted by Gasteiger charge is -2.29. The van der Waals surface area contributed by atoms with Crippen molar-refractivity contribution in [2.45, 2.75) is 26.2 Å². The summed E-state index contributed by atoms with van der Waals surface area (Å²) in [6.45, 7) is 5.68. The highest BCUT2D eigenvalue weighted by molar-refractivity contribution is 7.88. The molecule has 2 saturated heterocycles. The number of nitrogens with one attached hydrogen (secondary N) is 1. The van der Waals surface area contributed by atoms with E-state index in [4.69, 9.17) is 0 Å². The second-order valence-electron chi connectivity index (χ2n) is 7.62. The molecule has 0 radical (unpaired) electrons. The summed E-state index contributed by atoms with van der Waals surface area (Å²) in [5, 5.41) is 3.10. The highest BCUT2D eigenvalue weighted by atomic mass is 32.2. The average Bonchev–Trinajstić information content (AvgIpc) is 3.08. The second-order valence-corrected chi connectivity index (χ2v) is 9.60. The standard InChI is InChI=1S/C19H29N3O3S/c1-15-3-5-18(6-4-15)21-10-7-16(14-21)13-20-19(23)17-8-11-22(12-9-17)26(2,24)25/h3-6,16-17H,7-14H2,1-2H3,(H,20,23). The van der Waals surface area contributed by atoms with Crippen molar-refractivity contribution in [1.82, 2.24) is 9.62 Å². The molecule has 1 aromatic rings. The molecule has 1 amide bonds. The number of rotatable bonds is 5. The van der Waals surface area contributed by atoms with E-state index in [0.29, 0.717) is 38.4 Å². The van der Waals surface area contributed by atoms with Crippen molar-refractivity contribution in [3.05, 3.63) is 29.8 Å². The number of carbonyl (C=O) groups is 1. The number of anilines is 1. The fourth-order valence-electron chi connectivity index (χ4n) is 3.83. The van der Waals surface area contributed by atoms with E-state index >= 15 is 0 Å². The SMILES string of the molecule is Cc1ccc(N2CCC(CNC(=O)C3CCN(S(C)(=O)=O)CC3)C2)cc1. The highest BCUT2D eigenvalue weighted by Crippen LogP contribution is 2.24. The number of piperidine rings is 1. The maximum Gasteiger partial charge on any atom is 0.223 e. The van der Waals surface area contributed by atoms with Gasteiger partial charge in [-0.3, -0.25) is 4.79 Å². The zero-order valence-electron chi connectivity index (χ0n) is 15.6. The third-order valence-electron chi connectivity index (χ3n) is 5.54. The van der Waals surface area contributed by atoms with E-state index in [2.05, 4.69) is 41.4 Å². The maximum absolute atomic E-state index is 12.4. The van der Waals surface area contributed by atoms with Gasteiger partial charge in [0.05, 0.1) is 6.26 Å². The van der Waals surface area contributed by atoms with Gasteiger partial charge in [-0.25, -0.2) is 12.7 Å². The molecule has 144 valence electrons. The number of hydrogen-bond donors (Lipinski definition) is 1. The van der Waals surface area contributed by atoms with Gasteiger partial charge >= 0.3 is 0 Å². The first kappa shape index (κ1) is 19.2. The minimum Gasteiger partial charge on any atom is -0.371 e. The predicted octanol–water partition coefficient (Wildman–Crippen LogP) is 1.61. The molecule has 0 saturated carbocycles. The lowest BCUT2D eigenvalue weighted by atomic mass is 9.97. The Balaban J connectivity index is 1.42. The minimum atomic E-state index is -3.14. The van der Waals surface area contributed by atoms with Crippen LogP contribution < -0.4 is 10.2 Å². The van der Waals surface area contributed by atoms with Gasteiger partial charge in [0, 0.05) is 44.3 Å². The number of sulfonamides is 1. The molecule has 1 N–H and O–H groups in total. The van der Waals surface area contributed by atoms with Gasteiger partial charge in [-0.2, -0.15) is 0 Å². The van der Waals surface area contributed by atoms with Gasteiger partial charge in [0.25, 0.3) is 0 Å². The first-order valence-electron chi connectivity index (χ1n) is 9.37. The Bertz CT molecular complexity index is 725. The molecule has 3 rings (SSSR count). The third-order valence-corrected chi connectivity index (χ3v) is 6.85. The van der Waals surface area contributed by atoms with Gasteiger partial charge in [-0.05, 0) is 44.2 Å². The fraction of sp³-hybridized carbons (Fsp3) is 0.632. The average molecular weight is 380 g/mol. The molecule has 6 nitrogen and oxygen atoms in total. The summed E-state index contributed by atoms with van der Waals surface area (Å²) < 4.78 is 24.6. The van der Waals surface area contributed by atoms with Gasteiger partial charge < -0.3 is 10.2 Å². The van der Waals surface area contributed by atoms with Gasteiger partial charge in [0.15, 0.2) is 0 Å². The van der Waals surface area contributed by atoms with Crippen molar-refractivity contribution >= 4 is 21.6 Å². The Morgan fingerprint density at radius 3 is 2.38 bits per heavy atom. The second kappa shape index (κ2) is 7.96. The van der Waals surface area contributed by atoms with Crippen LogP contribution in [-0.4, -0.2) is 57.6 Å². The summed E-state index contributed by atoms with van der Waals surface area (Å²) in [6.07, 6.45) is 3.53. The molecule has 7 heteroatoms. The van der Waals surface area contributed by atoms with Crippen LogP contribution in [0, 0.1) is 18.8 Å². The van der Waals surface area contributed by atoms with Gasteiger partial charge in [0.2, 0.25) is 15.9 Å². The van der Waals surface area contributed by atoms with Crippen LogP contribution in [0.3, 0.4) is 0 Å². The maximum atomic E-state index is 12.4. The van der Waals surface area contributed by atoms with E-state index < -0.39 is 10.0 Å². The summed E-state index contributed by atoms with van der Waals surface area (Å²) in [5.74, 6) is 0.478. The predicted molar refractivity (Wildman–Crippen MR) is 104 cm³/mol. The van der Waals surface area contributed by atoms with Crippen LogP contribution in [0.25, 0.3) is 0 Å². The van der Waals surface area contributed by atoms with Crippen LogP contribution in [0.4, 0.5) is 5.69 Å². The van der Waals surface area contributed by atoms with Crippen LogP contribution in [0.5, 0.6) is 0 Å². The molecule has 2 aliphatic heterocycles. The summed E-state index contributed by atoms with van der Waals surface area (Å²) in [5.41, 5.74) is 2.51. The molecule has 2 aliphatic rings. The lowest BCUT2D eigenvalue weighted by Crippen LogP contribution is -2.43. The smallest absolute Gasteiger partial charge is 0.223 e. The summed E-state index contributed by atoms with van der Waals surface area (Å²) in [7, 11) is -3.14. The Morgan fingerprint density at radius 2 is 1.77 bits per heavy atom. The molecule has 0 aliphatic carbocycles. The molecule has 2 fully saturated rings. The van der Waals surface area contributed by atoms with Crippen LogP contribution in [0.1, 0.15) is 24.8 Å². The van der Waals surface area contributed by atoms with Crippen molar-refractivity contribution in [3.8, 4) is 0 Å². The van der Waals surface area contributed by atoms with E-state index in [-0.39, 0.29) is 11.8 Å². The molecule has 2 heterocycles. The van der Waals surface area contributed by atoms with Crippen LogP contribution in [0.2, 0.25) is 0 Å². The van der Waals surface area contributed by atoms with Gasteiger partial charge in [-0.1, -0.05) is 17.7 Å². The Labute approximate surface area is 156 Å². The summed E-state index contributed by atoms with van der Waals surface area (Å²) >= 11 is 0. The third kappa shape index (κ3) is 4.76. The molecule has 0 bridgehead atoms. The van der Waals surface area contributed by atoms with E-state index in [9.17, 15) is 13.2 Å². The number of nitrogens with zero attached hydrogens (tertiary/aromatic N) is 2. The van der Waals surface area contributed by atoms with Crippen LogP contribution in [-0.2, 0) is 14.8 Å². The van der Waals surface area contributed by atoms with E-state index in [1.807, 2.05) is 0 Å². The molecule has 1 unspecified atom stereocenters. The first-order valence-corrected chi connectivity index (χ1v) is 11.2. The Kier molecular flexibility index (Phi) is 5.87. The molecular weight excluding hydrogens is 350 g/mol. The molecule has 26 heavy (non-hydrogen) atoms. The van der Waals surface area contributed by atoms with Crippen molar-refractivity contribution in [3.63, 3.8) is 0 Å². The molecule has 0 aromatic heterocycles. The number of hydrogen-bond acceptors (Lipinski definition) is 4. The Hall–Kier alpha value is -1.60. The van der Waals surface area contributed by atoms with Crippen LogP contribution >= 0.6 is 0 Å². The van der Waals surface area contributed by atoms with Crippen molar-refractivity contribution in [2.75, 3.05) is 43.9 Å². The first-order chi connectivity index (χ1) is 12.3. The largest absolute Gasteiger partial charge is 0.371 e. The van der Waals surface area contributed by atoms with Gasteiger partial charge in [-0.15, -0.1) is 0 Å². The normalized spacial score (nSPS) is 22.5. The zero-order valence-corrected chi connectivity index (χ0v) is 16.5. The molecular formula is C19H29N3O3S. The topological polar surface area (TPSA) is 69.7 Å². The summed E-state index contributed by atoms with van der Waals surface area (Å²) in [6, 6.07) is 8.58. The van der Waals surface area contributed by atoms with E-state index in [0.717, 1.165) is 19.5 Å². The lowest BCUT2D eigenvalue weighted by molar-refractivity contribution is -0.126. The highest BCUT2D eigenvalue weighted by Gasteiger charge is 2.30. The zero-order chi connectivity index (χ0) is 18.7. The quantitative estimate of drug-likeness (QED) is 0.844. The van der Waals surface area contributed by atoms with E-state index in [1.54, 1.807) is 0 Å². The van der Waals surface area contributed by atoms with Crippen molar-refractivity contribution in [2.24, 2.45) is 11.8 Å². The Morgan fingerprint density at radius 1 is 1.12 bits per heavy atom. The number of carbonyl (C=O) groups excluding carboxylic acids is 1. The van der Waals surface area contributed by atoms with Crippen molar-refractivity contribution < 1.29 is 13.2 Å². The van der Waals surface area contributed by atoms with Crippen LogP contribution in [0.15, 0.2) is 24.3 Å². The number of amides is 1.